The van der Waals surface area contributed by atoms with Gasteiger partial charge in [-0.05, 0) is 48.4 Å². The zero-order valence-corrected chi connectivity index (χ0v) is 18.2. The summed E-state index contributed by atoms with van der Waals surface area (Å²) in [6, 6.07) is 22.3. The fourth-order valence-electron chi connectivity index (χ4n) is 3.30. The van der Waals surface area contributed by atoms with Crippen molar-refractivity contribution in [1.29, 1.82) is 0 Å². The van der Waals surface area contributed by atoms with Crippen LogP contribution in [-0.4, -0.2) is 18.2 Å². The van der Waals surface area contributed by atoms with Crippen molar-refractivity contribution in [2.45, 2.75) is 13.1 Å². The Bertz CT molecular complexity index is 1320. The molecule has 0 fully saturated rings. The summed E-state index contributed by atoms with van der Waals surface area (Å²) in [5, 5.41) is 3.78. The lowest BCUT2D eigenvalue weighted by atomic mass is 10.0. The number of hydrazine groups is 1. The molecule has 4 aromatic rings. The van der Waals surface area contributed by atoms with Crippen molar-refractivity contribution in [3.05, 3.63) is 90.1 Å². The number of anilines is 1. The van der Waals surface area contributed by atoms with Gasteiger partial charge in [0.15, 0.2) is 5.69 Å². The number of nitrogens with zero attached hydrogens (tertiary/aromatic N) is 2. The Morgan fingerprint density at radius 1 is 0.818 bits per heavy atom. The topological polar surface area (TPSA) is 76.0 Å². The molecule has 10 heteroatoms. The first-order chi connectivity index (χ1) is 15.7. The summed E-state index contributed by atoms with van der Waals surface area (Å²) in [4.78, 5) is 2.04. The minimum Gasteiger partial charge on any atom is -0.308 e. The molecule has 33 heavy (non-hydrogen) atoms. The monoisotopic (exact) mass is 472 g/mol. The maximum atomic E-state index is 13.4. The quantitative estimate of drug-likeness (QED) is 0.273. The maximum Gasteiger partial charge on any atom is 0.435 e. The molecule has 0 aliphatic carbocycles. The van der Waals surface area contributed by atoms with E-state index in [4.69, 9.17) is 0 Å². The predicted molar refractivity (Wildman–Crippen MR) is 121 cm³/mol. The summed E-state index contributed by atoms with van der Waals surface area (Å²) in [6.45, 7) is 2.00. The molecule has 0 bridgehead atoms. The fourth-order valence-corrected chi connectivity index (χ4v) is 3.52. The summed E-state index contributed by atoms with van der Waals surface area (Å²) in [5.41, 5.74) is 6.21. The van der Waals surface area contributed by atoms with Crippen LogP contribution in [0.2, 0.25) is 0 Å². The zero-order valence-electron chi connectivity index (χ0n) is 17.3. The van der Waals surface area contributed by atoms with Crippen molar-refractivity contribution in [3.8, 4) is 28.1 Å². The molecule has 170 valence electrons. The molecule has 1 aromatic heterocycles. The molecule has 0 spiro atoms. The number of hydrogen-bond donors (Lipinski definition) is 3. The molecule has 0 atom stereocenters. The van der Waals surface area contributed by atoms with Crippen molar-refractivity contribution in [1.82, 2.24) is 14.6 Å². The Balaban J connectivity index is 1.70. The molecule has 0 amide bonds. The number of benzene rings is 3. The van der Waals surface area contributed by atoms with Gasteiger partial charge in [-0.25, -0.2) is 13.1 Å². The van der Waals surface area contributed by atoms with Crippen molar-refractivity contribution in [3.63, 3.8) is 0 Å². The van der Waals surface area contributed by atoms with Gasteiger partial charge in [0.2, 0.25) is 10.9 Å². The highest BCUT2D eigenvalue weighted by molar-refractivity contribution is 7.70. The van der Waals surface area contributed by atoms with Crippen LogP contribution in [0, 0.1) is 6.92 Å². The van der Waals surface area contributed by atoms with E-state index in [9.17, 15) is 21.6 Å². The first kappa shape index (κ1) is 22.6. The van der Waals surface area contributed by atoms with Gasteiger partial charge in [-0.2, -0.15) is 18.3 Å². The van der Waals surface area contributed by atoms with Gasteiger partial charge in [0.25, 0.3) is 0 Å². The largest absolute Gasteiger partial charge is 0.435 e. The predicted octanol–water partition coefficient (Wildman–Crippen LogP) is 4.98. The SMILES string of the molecule is Cc1ccc(-c2ccc(-c3cc(C(F)(F)F)nn3-c3ccc(NN[SH](=O)=O)cc3)cc2)cc1. The van der Waals surface area contributed by atoms with E-state index in [2.05, 4.69) is 10.5 Å². The van der Waals surface area contributed by atoms with E-state index < -0.39 is 22.8 Å². The molecule has 1 heterocycles. The lowest BCUT2D eigenvalue weighted by molar-refractivity contribution is -0.141. The molecule has 4 rings (SSSR count). The average Bonchev–Trinajstić information content (AvgIpc) is 3.25. The molecule has 0 radical (unpaired) electrons. The molecule has 2 N–H and O–H groups in total. The highest BCUT2D eigenvalue weighted by Gasteiger charge is 2.35. The number of nitrogens with one attached hydrogen (secondary N) is 2. The molecular formula is C23H19F3N4O2S. The summed E-state index contributed by atoms with van der Waals surface area (Å²) >= 11 is 0. The highest BCUT2D eigenvalue weighted by atomic mass is 32.2. The van der Waals surface area contributed by atoms with Crippen molar-refractivity contribution >= 4 is 16.6 Å². The Hall–Kier alpha value is -3.63. The fraction of sp³-hybridized carbons (Fsp3) is 0.0870. The van der Waals surface area contributed by atoms with Crippen molar-refractivity contribution in [2.24, 2.45) is 0 Å². The van der Waals surface area contributed by atoms with E-state index in [0.29, 0.717) is 16.9 Å². The number of alkyl halides is 3. The minimum absolute atomic E-state index is 0.277. The van der Waals surface area contributed by atoms with Crippen LogP contribution >= 0.6 is 0 Å². The van der Waals surface area contributed by atoms with Gasteiger partial charge >= 0.3 is 6.18 Å². The van der Waals surface area contributed by atoms with Crippen LogP contribution in [0.5, 0.6) is 0 Å². The molecule has 0 aliphatic rings. The van der Waals surface area contributed by atoms with E-state index in [1.807, 2.05) is 48.2 Å². The van der Waals surface area contributed by atoms with Crippen LogP contribution in [-0.2, 0) is 17.1 Å². The van der Waals surface area contributed by atoms with Crippen LogP contribution in [0.15, 0.2) is 78.9 Å². The van der Waals surface area contributed by atoms with Gasteiger partial charge in [0, 0.05) is 11.3 Å². The molecule has 0 saturated heterocycles. The Kier molecular flexibility index (Phi) is 6.21. The second-order valence-electron chi connectivity index (χ2n) is 7.31. The van der Waals surface area contributed by atoms with Crippen LogP contribution in [0.1, 0.15) is 11.3 Å². The number of rotatable bonds is 6. The van der Waals surface area contributed by atoms with Gasteiger partial charge in [-0.15, -0.1) is 4.83 Å². The van der Waals surface area contributed by atoms with Gasteiger partial charge < -0.3 is 5.43 Å². The van der Waals surface area contributed by atoms with Gasteiger partial charge in [-0.1, -0.05) is 54.1 Å². The number of aryl methyl sites for hydroxylation is 1. The maximum absolute atomic E-state index is 13.4. The van der Waals surface area contributed by atoms with E-state index in [1.54, 1.807) is 24.3 Å². The molecule has 0 unspecified atom stereocenters. The second-order valence-corrected chi connectivity index (χ2v) is 8.05. The minimum atomic E-state index is -4.60. The first-order valence-corrected chi connectivity index (χ1v) is 11.0. The Labute approximate surface area is 189 Å². The standard InChI is InChI=1S/C23H19F3N4O2S/c1-15-2-4-16(5-3-15)17-6-8-18(9-7-17)21-14-22(23(24,25)26)28-30(21)20-12-10-19(11-13-20)27-29-33(31)32/h2-14,27,33H,1H3,(H,29,31,32). The lowest BCUT2D eigenvalue weighted by Crippen LogP contribution is -2.19. The summed E-state index contributed by atoms with van der Waals surface area (Å²) in [5.74, 6) is 0. The third-order valence-electron chi connectivity index (χ3n) is 4.97. The number of hydrogen-bond acceptors (Lipinski definition) is 4. The van der Waals surface area contributed by atoms with Crippen molar-refractivity contribution < 1.29 is 21.6 Å². The lowest BCUT2D eigenvalue weighted by Gasteiger charge is -2.10. The van der Waals surface area contributed by atoms with Gasteiger partial charge in [0.1, 0.15) is 0 Å². The van der Waals surface area contributed by atoms with E-state index >= 15 is 0 Å². The van der Waals surface area contributed by atoms with E-state index in [1.165, 1.54) is 16.8 Å². The van der Waals surface area contributed by atoms with E-state index in [-0.39, 0.29) is 5.69 Å². The van der Waals surface area contributed by atoms with Crippen molar-refractivity contribution in [2.75, 3.05) is 5.43 Å². The molecule has 6 nitrogen and oxygen atoms in total. The summed E-state index contributed by atoms with van der Waals surface area (Å²) in [6.07, 6.45) is -4.60. The summed E-state index contributed by atoms with van der Waals surface area (Å²) in [7, 11) is -2.85. The zero-order chi connectivity index (χ0) is 23.6. The number of aromatic nitrogens is 2. The van der Waals surface area contributed by atoms with Crippen LogP contribution in [0.3, 0.4) is 0 Å². The van der Waals surface area contributed by atoms with Gasteiger partial charge in [0.05, 0.1) is 11.4 Å². The number of halogens is 3. The number of thiol groups is 1. The second kappa shape index (κ2) is 9.08. The molecule has 0 saturated carbocycles. The molecule has 3 aromatic carbocycles. The third kappa shape index (κ3) is 5.24. The highest BCUT2D eigenvalue weighted by Crippen LogP contribution is 2.34. The van der Waals surface area contributed by atoms with Crippen LogP contribution in [0.25, 0.3) is 28.1 Å². The molecule has 0 aliphatic heterocycles. The Morgan fingerprint density at radius 3 is 1.91 bits per heavy atom. The van der Waals surface area contributed by atoms with Gasteiger partial charge in [-0.3, -0.25) is 0 Å². The average molecular weight is 472 g/mol. The molecular weight excluding hydrogens is 453 g/mol. The normalized spacial score (nSPS) is 11.7. The first-order valence-electron chi connectivity index (χ1n) is 9.82. The van der Waals surface area contributed by atoms with Crippen LogP contribution in [0.4, 0.5) is 18.9 Å². The van der Waals surface area contributed by atoms with E-state index in [0.717, 1.165) is 22.8 Å². The summed E-state index contributed by atoms with van der Waals surface area (Å²) < 4.78 is 62.7. The smallest absolute Gasteiger partial charge is 0.308 e. The third-order valence-corrected chi connectivity index (χ3v) is 5.26. The van der Waals surface area contributed by atoms with Crippen LogP contribution < -0.4 is 10.3 Å². The Morgan fingerprint density at radius 2 is 1.36 bits per heavy atom.